The van der Waals surface area contributed by atoms with Gasteiger partial charge in [0.05, 0.1) is 12.7 Å². The maximum atomic E-state index is 11.6. The minimum Gasteiger partial charge on any atom is -0.464 e. The fourth-order valence-electron chi connectivity index (χ4n) is 2.07. The lowest BCUT2D eigenvalue weighted by Crippen LogP contribution is -2.38. The Morgan fingerprint density at radius 1 is 1.44 bits per heavy atom. The van der Waals surface area contributed by atoms with Crippen molar-refractivity contribution >= 4 is 5.97 Å². The smallest absolute Gasteiger partial charge is 0.335 e. The van der Waals surface area contributed by atoms with Crippen LogP contribution in [0.5, 0.6) is 0 Å². The van der Waals surface area contributed by atoms with Crippen molar-refractivity contribution < 1.29 is 14.3 Å². The van der Waals surface area contributed by atoms with Gasteiger partial charge >= 0.3 is 5.97 Å². The zero-order chi connectivity index (χ0) is 12.0. The third kappa shape index (κ3) is 3.76. The monoisotopic (exact) mass is 229 g/mol. The number of carbonyl (C=O) groups excluding carboxylic acids is 1. The maximum absolute atomic E-state index is 11.6. The van der Waals surface area contributed by atoms with Gasteiger partial charge in [0.2, 0.25) is 0 Å². The first-order chi connectivity index (χ1) is 7.69. The van der Waals surface area contributed by atoms with E-state index in [1.165, 1.54) is 0 Å². The fraction of sp³-hybridized carbons (Fsp3) is 0.917. The molecule has 16 heavy (non-hydrogen) atoms. The van der Waals surface area contributed by atoms with Crippen molar-refractivity contribution in [2.24, 2.45) is 5.73 Å². The first-order valence-corrected chi connectivity index (χ1v) is 6.26. The Morgan fingerprint density at radius 3 is 2.69 bits per heavy atom. The Morgan fingerprint density at radius 2 is 2.19 bits per heavy atom. The molecular weight excluding hydrogens is 206 g/mol. The van der Waals surface area contributed by atoms with Crippen LogP contribution in [0.15, 0.2) is 0 Å². The van der Waals surface area contributed by atoms with E-state index in [1.54, 1.807) is 0 Å². The van der Waals surface area contributed by atoms with Gasteiger partial charge in [0.25, 0.3) is 0 Å². The highest BCUT2D eigenvalue weighted by Gasteiger charge is 2.30. The number of hydrogen-bond acceptors (Lipinski definition) is 4. The molecule has 0 aromatic heterocycles. The summed E-state index contributed by atoms with van der Waals surface area (Å²) in [5.41, 5.74) is 5.92. The van der Waals surface area contributed by atoms with Crippen molar-refractivity contribution in [3.8, 4) is 0 Å². The number of ether oxygens (including phenoxy) is 2. The summed E-state index contributed by atoms with van der Waals surface area (Å²) in [5, 5.41) is 0. The van der Waals surface area contributed by atoms with Crippen molar-refractivity contribution in [1.29, 1.82) is 0 Å². The van der Waals surface area contributed by atoms with E-state index in [-0.39, 0.29) is 18.1 Å². The minimum absolute atomic E-state index is 0.0287. The molecule has 1 aliphatic carbocycles. The van der Waals surface area contributed by atoms with E-state index in [0.29, 0.717) is 13.0 Å². The molecule has 3 atom stereocenters. The molecule has 0 aromatic carbocycles. The van der Waals surface area contributed by atoms with E-state index in [2.05, 4.69) is 0 Å². The van der Waals surface area contributed by atoms with Crippen molar-refractivity contribution in [2.45, 2.75) is 64.2 Å². The summed E-state index contributed by atoms with van der Waals surface area (Å²) < 4.78 is 10.8. The van der Waals surface area contributed by atoms with E-state index < -0.39 is 6.10 Å². The normalized spacial score (nSPS) is 26.7. The second-order valence-corrected chi connectivity index (χ2v) is 4.30. The molecule has 0 bridgehead atoms. The van der Waals surface area contributed by atoms with Crippen LogP contribution >= 0.6 is 0 Å². The summed E-state index contributed by atoms with van der Waals surface area (Å²) in [6.07, 6.45) is 4.26. The van der Waals surface area contributed by atoms with Crippen LogP contribution in [0.2, 0.25) is 0 Å². The van der Waals surface area contributed by atoms with Crippen LogP contribution in [0.3, 0.4) is 0 Å². The average Bonchev–Trinajstić information content (AvgIpc) is 2.64. The Bertz CT molecular complexity index is 220. The summed E-state index contributed by atoms with van der Waals surface area (Å²) in [5.74, 6) is -0.247. The summed E-state index contributed by atoms with van der Waals surface area (Å²) in [6.45, 7) is 4.24. The Balaban J connectivity index is 2.46. The molecule has 94 valence electrons. The minimum atomic E-state index is -0.431. The summed E-state index contributed by atoms with van der Waals surface area (Å²) in [7, 11) is 0. The fourth-order valence-corrected chi connectivity index (χ4v) is 2.07. The summed E-state index contributed by atoms with van der Waals surface area (Å²) in [4.78, 5) is 11.6. The van der Waals surface area contributed by atoms with Gasteiger partial charge in [-0.1, -0.05) is 13.3 Å². The van der Waals surface area contributed by atoms with Crippen LogP contribution in [0.1, 0.15) is 46.0 Å². The lowest BCUT2D eigenvalue weighted by molar-refractivity contribution is -0.161. The van der Waals surface area contributed by atoms with Crippen molar-refractivity contribution in [1.82, 2.24) is 0 Å². The van der Waals surface area contributed by atoms with Crippen LogP contribution < -0.4 is 5.73 Å². The number of carbonyl (C=O) groups is 1. The average molecular weight is 229 g/mol. The third-order valence-electron chi connectivity index (χ3n) is 2.94. The van der Waals surface area contributed by atoms with Crippen molar-refractivity contribution in [3.05, 3.63) is 0 Å². The van der Waals surface area contributed by atoms with Crippen LogP contribution in [0.4, 0.5) is 0 Å². The largest absolute Gasteiger partial charge is 0.464 e. The topological polar surface area (TPSA) is 61.5 Å². The first kappa shape index (κ1) is 13.5. The van der Waals surface area contributed by atoms with Crippen molar-refractivity contribution in [3.63, 3.8) is 0 Å². The van der Waals surface area contributed by atoms with Crippen LogP contribution in [0.25, 0.3) is 0 Å². The molecule has 0 amide bonds. The third-order valence-corrected chi connectivity index (χ3v) is 2.94. The molecule has 1 rings (SSSR count). The number of nitrogens with two attached hydrogens (primary N) is 1. The molecule has 0 heterocycles. The Hall–Kier alpha value is -0.610. The molecule has 2 N–H and O–H groups in total. The number of rotatable bonds is 6. The zero-order valence-electron chi connectivity index (χ0n) is 10.3. The van der Waals surface area contributed by atoms with Crippen molar-refractivity contribution in [2.75, 3.05) is 6.61 Å². The lowest BCUT2D eigenvalue weighted by Gasteiger charge is -2.22. The van der Waals surface area contributed by atoms with Gasteiger partial charge in [-0.15, -0.1) is 0 Å². The first-order valence-electron chi connectivity index (χ1n) is 6.26. The van der Waals surface area contributed by atoms with E-state index in [4.69, 9.17) is 15.2 Å². The number of hydrogen-bond donors (Lipinski definition) is 1. The molecule has 3 unspecified atom stereocenters. The van der Waals surface area contributed by atoms with E-state index in [9.17, 15) is 4.79 Å². The predicted octanol–water partition coefficient (Wildman–Crippen LogP) is 1.61. The van der Waals surface area contributed by atoms with Gasteiger partial charge in [0, 0.05) is 6.04 Å². The molecule has 0 aliphatic heterocycles. The summed E-state index contributed by atoms with van der Waals surface area (Å²) in [6, 6.07) is 0.0776. The quantitative estimate of drug-likeness (QED) is 0.703. The van der Waals surface area contributed by atoms with Gasteiger partial charge in [-0.25, -0.2) is 4.79 Å². The van der Waals surface area contributed by atoms with Gasteiger partial charge in [-0.3, -0.25) is 0 Å². The molecule has 0 saturated heterocycles. The van der Waals surface area contributed by atoms with E-state index in [1.807, 2.05) is 13.8 Å². The standard InChI is InChI=1S/C12H23NO3/c1-3-6-11(12(14)15-4-2)16-10-8-5-7-9(10)13/h9-11H,3-8,13H2,1-2H3. The van der Waals surface area contributed by atoms with Gasteiger partial charge < -0.3 is 15.2 Å². The second-order valence-electron chi connectivity index (χ2n) is 4.30. The maximum Gasteiger partial charge on any atom is 0.335 e. The van der Waals surface area contributed by atoms with Gasteiger partial charge in [-0.2, -0.15) is 0 Å². The SMILES string of the molecule is CCCC(OC1CCCC1N)C(=O)OCC. The van der Waals surface area contributed by atoms with E-state index >= 15 is 0 Å². The molecular formula is C12H23NO3. The molecule has 1 fully saturated rings. The van der Waals surface area contributed by atoms with Gasteiger partial charge in [0.1, 0.15) is 0 Å². The predicted molar refractivity (Wildman–Crippen MR) is 62.0 cm³/mol. The molecule has 0 radical (unpaired) electrons. The van der Waals surface area contributed by atoms with Gasteiger partial charge in [-0.05, 0) is 32.6 Å². The van der Waals surface area contributed by atoms with E-state index in [0.717, 1.165) is 25.7 Å². The molecule has 1 aliphatic rings. The highest BCUT2D eigenvalue weighted by molar-refractivity contribution is 5.74. The van der Waals surface area contributed by atoms with Gasteiger partial charge in [0.15, 0.2) is 6.10 Å². The zero-order valence-corrected chi connectivity index (χ0v) is 10.3. The highest BCUT2D eigenvalue weighted by atomic mass is 16.6. The molecule has 0 spiro atoms. The lowest BCUT2D eigenvalue weighted by atomic mass is 10.2. The Labute approximate surface area is 97.5 Å². The molecule has 4 heteroatoms. The summed E-state index contributed by atoms with van der Waals surface area (Å²) >= 11 is 0. The Kier molecular flexibility index (Phi) is 5.77. The molecule has 1 saturated carbocycles. The van der Waals surface area contributed by atoms with Crippen LogP contribution in [0, 0.1) is 0 Å². The van der Waals surface area contributed by atoms with Crippen LogP contribution in [-0.2, 0) is 14.3 Å². The molecule has 4 nitrogen and oxygen atoms in total. The number of esters is 1. The highest BCUT2D eigenvalue weighted by Crippen LogP contribution is 2.23. The molecule has 0 aromatic rings. The van der Waals surface area contributed by atoms with Crippen LogP contribution in [-0.4, -0.2) is 30.8 Å². The second kappa shape index (κ2) is 6.86.